The van der Waals surface area contributed by atoms with Crippen LogP contribution in [0.4, 0.5) is 0 Å². The largest absolute Gasteiger partial charge is 0.481 e. The number of primary amides is 1. The Balaban J connectivity index is 2.21. The van der Waals surface area contributed by atoms with E-state index < -0.39 is 145 Å². The van der Waals surface area contributed by atoms with Gasteiger partial charge in [0, 0.05) is 25.2 Å². The molecule has 22 nitrogen and oxygen atoms in total. The molecule has 2 aromatic carbocycles. The highest BCUT2D eigenvalue weighted by Gasteiger charge is 2.35. The first-order valence-corrected chi connectivity index (χ1v) is 21.3. The third kappa shape index (κ3) is 19.8. The lowest BCUT2D eigenvalue weighted by molar-refractivity contribution is -0.143. The molecule has 7 amide bonds. The second-order valence-corrected chi connectivity index (χ2v) is 16.3. The van der Waals surface area contributed by atoms with E-state index in [-0.39, 0.29) is 25.7 Å². The van der Waals surface area contributed by atoms with Gasteiger partial charge in [-0.05, 0) is 49.7 Å². The molecule has 0 spiro atoms. The molecule has 2 aromatic rings. The molecule has 14 N–H and O–H groups in total. The van der Waals surface area contributed by atoms with Gasteiger partial charge in [-0.3, -0.25) is 43.2 Å². The summed E-state index contributed by atoms with van der Waals surface area (Å²) in [6.45, 7) is 5.87. The molecule has 0 saturated carbocycles. The van der Waals surface area contributed by atoms with Crippen LogP contribution in [0, 0.1) is 11.8 Å². The zero-order valence-electron chi connectivity index (χ0n) is 37.2. The van der Waals surface area contributed by atoms with E-state index in [0.29, 0.717) is 11.1 Å². The second kappa shape index (κ2) is 27.4. The number of nitrogens with two attached hydrogens (primary N) is 2. The maximum atomic E-state index is 13.8. The third-order valence-corrected chi connectivity index (χ3v) is 10.4. The Hall–Kier alpha value is -6.94. The van der Waals surface area contributed by atoms with E-state index in [1.807, 2.05) is 0 Å². The molecule has 362 valence electrons. The van der Waals surface area contributed by atoms with Crippen molar-refractivity contribution < 1.29 is 68.4 Å². The zero-order valence-corrected chi connectivity index (χ0v) is 37.2. The van der Waals surface area contributed by atoms with Crippen LogP contribution >= 0.6 is 0 Å². The van der Waals surface area contributed by atoms with Crippen molar-refractivity contribution in [2.45, 2.75) is 127 Å². The maximum Gasteiger partial charge on any atom is 0.326 e. The lowest BCUT2D eigenvalue weighted by Crippen LogP contribution is -2.59. The SMILES string of the molecule is CC(C)[C@H](NC(=O)[C@@H](N)CCC(=O)O)C(=O)N[C@@H](CC(N)=O)C(=O)N[C@@H](Cc1ccccc1)[C@@H](O)C[C@@H](C)C(=O)N[C@@H](C)C(=O)N[C@@H](CCC(=O)O)C(=O)N[C@@H](Cc1ccccc1)C(=O)O. The number of hydrogen-bond donors (Lipinski definition) is 12. The summed E-state index contributed by atoms with van der Waals surface area (Å²) in [7, 11) is 0. The number of benzene rings is 2. The van der Waals surface area contributed by atoms with Crippen LogP contribution in [0.2, 0.25) is 0 Å². The summed E-state index contributed by atoms with van der Waals surface area (Å²) in [6, 6.07) is 7.40. The molecule has 0 aliphatic rings. The number of rotatable bonds is 29. The van der Waals surface area contributed by atoms with E-state index in [9.17, 15) is 63.3 Å². The smallest absolute Gasteiger partial charge is 0.326 e. The van der Waals surface area contributed by atoms with E-state index in [4.69, 9.17) is 16.6 Å². The summed E-state index contributed by atoms with van der Waals surface area (Å²) in [5.41, 5.74) is 12.5. The minimum Gasteiger partial charge on any atom is -0.481 e. The van der Waals surface area contributed by atoms with Gasteiger partial charge in [-0.15, -0.1) is 0 Å². The molecule has 0 saturated heterocycles. The fourth-order valence-electron chi connectivity index (χ4n) is 6.52. The van der Waals surface area contributed by atoms with Crippen molar-refractivity contribution in [2.75, 3.05) is 0 Å². The zero-order chi connectivity index (χ0) is 49.7. The molecule has 2 rings (SSSR count). The lowest BCUT2D eigenvalue weighted by atomic mass is 9.93. The minimum absolute atomic E-state index is 0.00901. The summed E-state index contributed by atoms with van der Waals surface area (Å²) >= 11 is 0. The van der Waals surface area contributed by atoms with Crippen molar-refractivity contribution >= 4 is 59.3 Å². The van der Waals surface area contributed by atoms with E-state index in [1.54, 1.807) is 74.5 Å². The van der Waals surface area contributed by atoms with Crippen LogP contribution in [0.15, 0.2) is 60.7 Å². The Morgan fingerprint density at radius 2 is 1.06 bits per heavy atom. The van der Waals surface area contributed by atoms with Crippen LogP contribution in [0.3, 0.4) is 0 Å². The van der Waals surface area contributed by atoms with E-state index in [2.05, 4.69) is 31.9 Å². The topological polar surface area (TPSA) is 376 Å². The highest BCUT2D eigenvalue weighted by Crippen LogP contribution is 2.16. The normalized spacial score (nSPS) is 15.1. The Labute approximate surface area is 381 Å². The lowest BCUT2D eigenvalue weighted by Gasteiger charge is -2.30. The number of carbonyl (C=O) groups excluding carboxylic acids is 7. The first-order valence-electron chi connectivity index (χ1n) is 21.3. The number of carbonyl (C=O) groups is 10. The summed E-state index contributed by atoms with van der Waals surface area (Å²) in [4.78, 5) is 126. The third-order valence-electron chi connectivity index (χ3n) is 10.4. The van der Waals surface area contributed by atoms with Gasteiger partial charge in [0.2, 0.25) is 41.4 Å². The Bertz CT molecular complexity index is 2000. The summed E-state index contributed by atoms with van der Waals surface area (Å²) < 4.78 is 0. The summed E-state index contributed by atoms with van der Waals surface area (Å²) in [5.74, 6) is -11.7. The van der Waals surface area contributed by atoms with Crippen LogP contribution in [-0.4, -0.2) is 128 Å². The van der Waals surface area contributed by atoms with E-state index in [1.165, 1.54) is 13.8 Å². The van der Waals surface area contributed by atoms with Gasteiger partial charge in [0.25, 0.3) is 0 Å². The number of carboxylic acids is 3. The highest BCUT2D eigenvalue weighted by atomic mass is 16.4. The van der Waals surface area contributed by atoms with Crippen molar-refractivity contribution in [1.29, 1.82) is 0 Å². The van der Waals surface area contributed by atoms with Crippen molar-refractivity contribution in [2.24, 2.45) is 23.3 Å². The number of nitrogens with one attached hydrogen (secondary N) is 6. The molecule has 9 atom stereocenters. The van der Waals surface area contributed by atoms with Crippen LogP contribution in [-0.2, 0) is 60.8 Å². The van der Waals surface area contributed by atoms with Gasteiger partial charge < -0.3 is 63.8 Å². The molecule has 0 heterocycles. The Morgan fingerprint density at radius 3 is 1.58 bits per heavy atom. The molecule has 22 heteroatoms. The van der Waals surface area contributed by atoms with Gasteiger partial charge in [-0.1, -0.05) is 81.4 Å². The highest BCUT2D eigenvalue weighted by molar-refractivity contribution is 5.96. The molecular weight excluding hydrogens is 865 g/mol. The number of aliphatic hydroxyl groups is 1. The molecular formula is C44H62N8O14. The first-order chi connectivity index (χ1) is 31.0. The average molecular weight is 927 g/mol. The predicted molar refractivity (Wildman–Crippen MR) is 235 cm³/mol. The molecule has 0 radical (unpaired) electrons. The van der Waals surface area contributed by atoms with Gasteiger partial charge in [0.1, 0.15) is 30.2 Å². The Morgan fingerprint density at radius 1 is 0.561 bits per heavy atom. The number of aliphatic hydroxyl groups excluding tert-OH is 1. The number of carboxylic acid groups (broad SMARTS) is 3. The van der Waals surface area contributed by atoms with Gasteiger partial charge in [-0.25, -0.2) is 4.79 Å². The molecule has 0 aliphatic heterocycles. The molecule has 0 bridgehead atoms. The Kier molecular flexibility index (Phi) is 22.9. The van der Waals surface area contributed by atoms with Gasteiger partial charge in [0.15, 0.2) is 0 Å². The van der Waals surface area contributed by atoms with Gasteiger partial charge >= 0.3 is 17.9 Å². The average Bonchev–Trinajstić information content (AvgIpc) is 3.25. The van der Waals surface area contributed by atoms with Crippen LogP contribution in [0.25, 0.3) is 0 Å². The van der Waals surface area contributed by atoms with Gasteiger partial charge in [-0.2, -0.15) is 0 Å². The number of aliphatic carboxylic acids is 3. The molecule has 66 heavy (non-hydrogen) atoms. The van der Waals surface area contributed by atoms with Crippen LogP contribution in [0.1, 0.15) is 77.3 Å². The fraction of sp³-hybridized carbons (Fsp3) is 0.500. The van der Waals surface area contributed by atoms with E-state index >= 15 is 0 Å². The monoisotopic (exact) mass is 926 g/mol. The molecule has 0 aliphatic carbocycles. The van der Waals surface area contributed by atoms with Crippen LogP contribution in [0.5, 0.6) is 0 Å². The van der Waals surface area contributed by atoms with Crippen molar-refractivity contribution in [3.05, 3.63) is 71.8 Å². The molecule has 0 fully saturated rings. The van der Waals surface area contributed by atoms with Crippen LogP contribution < -0.4 is 43.4 Å². The summed E-state index contributed by atoms with van der Waals surface area (Å²) in [5, 5.41) is 54.2. The molecule has 0 unspecified atom stereocenters. The minimum atomic E-state index is -1.61. The van der Waals surface area contributed by atoms with Crippen molar-refractivity contribution in [3.63, 3.8) is 0 Å². The first kappa shape index (κ1) is 55.2. The predicted octanol–water partition coefficient (Wildman–Crippen LogP) is -1.54. The van der Waals surface area contributed by atoms with Crippen molar-refractivity contribution in [1.82, 2.24) is 31.9 Å². The summed E-state index contributed by atoms with van der Waals surface area (Å²) in [6.07, 6.45) is -4.19. The van der Waals surface area contributed by atoms with Gasteiger partial charge in [0.05, 0.1) is 24.6 Å². The standard InChI is InChI=1S/C44H62N8O14/c1-23(2)37(52-40(61)28(45)15-17-35(55)56)43(64)50-31(22-34(46)54)42(63)49-30(20-26-11-7-5-8-12-26)33(53)19-24(3)38(59)47-25(4)39(60)48-29(16-18-36(57)58)41(62)51-32(44(65)66)21-27-13-9-6-10-14-27/h5-14,23-25,28-33,37,53H,15-22,45H2,1-4H3,(H2,46,54)(H,47,59)(H,48,60)(H,49,63)(H,50,64)(H,51,62)(H,52,61)(H,55,56)(H,57,58)(H,65,66)/t24-,25+,28+,29+,30+,31+,32+,33+,37+/m1/s1. The quantitative estimate of drug-likeness (QED) is 0.0440. The van der Waals surface area contributed by atoms with E-state index in [0.717, 1.165) is 0 Å². The fourth-order valence-corrected chi connectivity index (χ4v) is 6.52. The molecule has 0 aromatic heterocycles. The number of hydrogen-bond acceptors (Lipinski definition) is 12. The second-order valence-electron chi connectivity index (χ2n) is 16.3. The van der Waals surface area contributed by atoms with Crippen molar-refractivity contribution in [3.8, 4) is 0 Å². The number of amides is 7. The maximum absolute atomic E-state index is 13.8.